The number of amides is 1. The molecule has 4 nitrogen and oxygen atoms in total. The first kappa shape index (κ1) is 15.1. The van der Waals surface area contributed by atoms with Crippen molar-refractivity contribution in [2.45, 2.75) is 57.4 Å². The second-order valence-corrected chi connectivity index (χ2v) is 6.72. The van der Waals surface area contributed by atoms with Gasteiger partial charge in [0, 0.05) is 23.6 Å². The van der Waals surface area contributed by atoms with Gasteiger partial charge in [-0.3, -0.25) is 9.59 Å². The Kier molecular flexibility index (Phi) is 3.94. The van der Waals surface area contributed by atoms with Crippen LogP contribution in [0, 0.1) is 5.92 Å². The minimum atomic E-state index is -0.484. The van der Waals surface area contributed by atoms with Crippen molar-refractivity contribution in [2.24, 2.45) is 11.7 Å². The highest BCUT2D eigenvalue weighted by Gasteiger charge is 2.45. The molecule has 1 aromatic carbocycles. The Morgan fingerprint density at radius 3 is 2.68 bits per heavy atom. The topological polar surface area (TPSA) is 72.2 Å². The number of hydrogen-bond acceptors (Lipinski definition) is 3. The smallest absolute Gasteiger partial charge is 0.248 e. The summed E-state index contributed by atoms with van der Waals surface area (Å²) in [4.78, 5) is 24.5. The van der Waals surface area contributed by atoms with Crippen molar-refractivity contribution in [3.05, 3.63) is 29.3 Å². The van der Waals surface area contributed by atoms with Crippen LogP contribution in [-0.4, -0.2) is 17.2 Å². The molecule has 0 saturated heterocycles. The molecular weight excluding hydrogens is 276 g/mol. The maximum atomic E-state index is 13.1. The molecule has 2 aliphatic rings. The van der Waals surface area contributed by atoms with Gasteiger partial charge in [0.25, 0.3) is 0 Å². The number of carbonyl (C=O) groups is 2. The van der Waals surface area contributed by atoms with E-state index < -0.39 is 11.4 Å². The molecule has 1 atom stereocenters. The lowest BCUT2D eigenvalue weighted by molar-refractivity contribution is -0.127. The van der Waals surface area contributed by atoms with E-state index in [2.05, 4.69) is 12.2 Å². The highest BCUT2D eigenvalue weighted by atomic mass is 16.1. The Labute approximate surface area is 131 Å². The van der Waals surface area contributed by atoms with Crippen molar-refractivity contribution < 1.29 is 9.59 Å². The number of primary amides is 1. The standard InChI is InChI=1S/C18H24N2O2/c1-2-9-18(16(21)12-5-3-4-6-12)11-14-8-7-13(17(19)22)10-15(14)20-18/h7-8,10,12,20H,2-6,9,11H2,1H3,(H2,19,22). The molecular formula is C18H24N2O2. The Hall–Kier alpha value is -1.84. The van der Waals surface area contributed by atoms with Crippen LogP contribution >= 0.6 is 0 Å². The van der Waals surface area contributed by atoms with Crippen molar-refractivity contribution in [2.75, 3.05) is 5.32 Å². The molecule has 3 N–H and O–H groups in total. The molecule has 1 aromatic rings. The number of hydrogen-bond donors (Lipinski definition) is 2. The van der Waals surface area contributed by atoms with E-state index in [9.17, 15) is 9.59 Å². The average molecular weight is 300 g/mol. The number of rotatable bonds is 5. The van der Waals surface area contributed by atoms with Crippen molar-refractivity contribution in [1.82, 2.24) is 0 Å². The van der Waals surface area contributed by atoms with Gasteiger partial charge >= 0.3 is 0 Å². The minimum absolute atomic E-state index is 0.198. The highest BCUT2D eigenvalue weighted by Crippen LogP contribution is 2.40. The third kappa shape index (κ3) is 2.51. The summed E-state index contributed by atoms with van der Waals surface area (Å²) in [5.41, 5.74) is 7.38. The van der Waals surface area contributed by atoms with Gasteiger partial charge in [0.05, 0.1) is 0 Å². The molecule has 1 heterocycles. The molecule has 4 heteroatoms. The largest absolute Gasteiger partial charge is 0.372 e. The number of carbonyl (C=O) groups excluding carboxylic acids is 2. The van der Waals surface area contributed by atoms with Crippen LogP contribution in [0.4, 0.5) is 5.69 Å². The third-order valence-electron chi connectivity index (χ3n) is 5.13. The van der Waals surface area contributed by atoms with Crippen molar-refractivity contribution in [3.63, 3.8) is 0 Å². The zero-order valence-electron chi connectivity index (χ0n) is 13.2. The van der Waals surface area contributed by atoms with Gasteiger partial charge in [0.15, 0.2) is 5.78 Å². The lowest BCUT2D eigenvalue weighted by Gasteiger charge is -2.31. The fourth-order valence-electron chi connectivity index (χ4n) is 4.06. The third-order valence-corrected chi connectivity index (χ3v) is 5.13. The lowest BCUT2D eigenvalue weighted by Crippen LogP contribution is -2.47. The monoisotopic (exact) mass is 300 g/mol. The molecule has 0 bridgehead atoms. The molecule has 0 spiro atoms. The van der Waals surface area contributed by atoms with E-state index >= 15 is 0 Å². The number of anilines is 1. The van der Waals surface area contributed by atoms with Gasteiger partial charge in [-0.15, -0.1) is 0 Å². The van der Waals surface area contributed by atoms with Gasteiger partial charge < -0.3 is 11.1 Å². The zero-order valence-corrected chi connectivity index (χ0v) is 13.2. The summed E-state index contributed by atoms with van der Waals surface area (Å²) >= 11 is 0. The fourth-order valence-corrected chi connectivity index (χ4v) is 4.06. The van der Waals surface area contributed by atoms with Crippen LogP contribution in [0.5, 0.6) is 0 Å². The van der Waals surface area contributed by atoms with Gasteiger partial charge in [-0.05, 0) is 37.0 Å². The fraction of sp³-hybridized carbons (Fsp3) is 0.556. The molecule has 1 amide bonds. The van der Waals surface area contributed by atoms with Crippen LogP contribution in [0.25, 0.3) is 0 Å². The van der Waals surface area contributed by atoms with E-state index in [1.165, 1.54) is 0 Å². The van der Waals surface area contributed by atoms with Gasteiger partial charge in [-0.25, -0.2) is 0 Å². The van der Waals surface area contributed by atoms with Crippen LogP contribution in [0.3, 0.4) is 0 Å². The van der Waals surface area contributed by atoms with E-state index in [0.29, 0.717) is 11.3 Å². The Bertz CT molecular complexity index is 605. The van der Waals surface area contributed by atoms with Gasteiger partial charge in [-0.1, -0.05) is 32.3 Å². The van der Waals surface area contributed by atoms with Gasteiger partial charge in [0.2, 0.25) is 5.91 Å². The summed E-state index contributed by atoms with van der Waals surface area (Å²) in [5.74, 6) is 0.132. The van der Waals surface area contributed by atoms with Crippen molar-refractivity contribution in [1.29, 1.82) is 0 Å². The number of nitrogens with two attached hydrogens (primary N) is 1. The van der Waals surface area contributed by atoms with E-state index in [4.69, 9.17) is 5.73 Å². The summed E-state index contributed by atoms with van der Waals surface area (Å²) < 4.78 is 0. The zero-order chi connectivity index (χ0) is 15.7. The summed E-state index contributed by atoms with van der Waals surface area (Å²) in [6.07, 6.45) is 6.90. The Balaban J connectivity index is 1.90. The number of fused-ring (bicyclic) bond motifs is 1. The van der Waals surface area contributed by atoms with Crippen LogP contribution in [-0.2, 0) is 11.2 Å². The molecule has 0 radical (unpaired) electrons. The van der Waals surface area contributed by atoms with Crippen LogP contribution in [0.1, 0.15) is 61.4 Å². The van der Waals surface area contributed by atoms with E-state index in [0.717, 1.165) is 56.2 Å². The number of ketones is 1. The first-order valence-electron chi connectivity index (χ1n) is 8.31. The van der Waals surface area contributed by atoms with Crippen LogP contribution < -0.4 is 11.1 Å². The highest BCUT2D eigenvalue weighted by molar-refractivity contribution is 5.98. The summed E-state index contributed by atoms with van der Waals surface area (Å²) in [5, 5.41) is 3.46. The lowest BCUT2D eigenvalue weighted by atomic mass is 9.79. The van der Waals surface area contributed by atoms with Crippen LogP contribution in [0.2, 0.25) is 0 Å². The maximum Gasteiger partial charge on any atom is 0.248 e. The second kappa shape index (κ2) is 5.75. The maximum absolute atomic E-state index is 13.1. The van der Waals surface area contributed by atoms with Crippen molar-refractivity contribution in [3.8, 4) is 0 Å². The van der Waals surface area contributed by atoms with Gasteiger partial charge in [-0.2, -0.15) is 0 Å². The number of nitrogens with one attached hydrogen (secondary N) is 1. The number of Topliss-reactive ketones (excluding diaryl/α,β-unsaturated/α-hetero) is 1. The quantitative estimate of drug-likeness (QED) is 0.878. The molecule has 118 valence electrons. The molecule has 1 fully saturated rings. The molecule has 1 saturated carbocycles. The summed E-state index contributed by atoms with van der Waals surface area (Å²) in [6, 6.07) is 5.48. The minimum Gasteiger partial charge on any atom is -0.372 e. The second-order valence-electron chi connectivity index (χ2n) is 6.72. The predicted molar refractivity (Wildman–Crippen MR) is 86.9 cm³/mol. The Morgan fingerprint density at radius 2 is 2.05 bits per heavy atom. The first-order valence-corrected chi connectivity index (χ1v) is 8.31. The van der Waals surface area contributed by atoms with E-state index in [1.54, 1.807) is 12.1 Å². The summed E-state index contributed by atoms with van der Waals surface area (Å²) in [7, 11) is 0. The predicted octanol–water partition coefficient (Wildman–Crippen LogP) is 3.05. The Morgan fingerprint density at radius 1 is 1.32 bits per heavy atom. The van der Waals surface area contributed by atoms with E-state index in [1.807, 2.05) is 6.07 Å². The van der Waals surface area contributed by atoms with Gasteiger partial charge in [0.1, 0.15) is 5.54 Å². The average Bonchev–Trinajstić information content (AvgIpc) is 3.13. The SMILES string of the molecule is CCCC1(C(=O)C2CCCC2)Cc2ccc(C(N)=O)cc2N1. The molecule has 22 heavy (non-hydrogen) atoms. The molecule has 0 aromatic heterocycles. The molecule has 1 unspecified atom stereocenters. The van der Waals surface area contributed by atoms with E-state index in [-0.39, 0.29) is 5.92 Å². The van der Waals surface area contributed by atoms with Crippen molar-refractivity contribution >= 4 is 17.4 Å². The van der Waals surface area contributed by atoms with Crippen LogP contribution in [0.15, 0.2) is 18.2 Å². The first-order chi connectivity index (χ1) is 10.6. The normalized spacial score (nSPS) is 24.0. The summed E-state index contributed by atoms with van der Waals surface area (Å²) in [6.45, 7) is 2.11. The molecule has 3 rings (SSSR count). The number of benzene rings is 1. The molecule has 1 aliphatic carbocycles. The molecule has 1 aliphatic heterocycles.